The Bertz CT molecular complexity index is 736. The Morgan fingerprint density at radius 3 is 1.55 bits per heavy atom. The number of esters is 2. The van der Waals surface area contributed by atoms with Gasteiger partial charge in [-0.25, -0.2) is 9.59 Å². The normalized spacial score (nSPS) is 36.8. The molecule has 6 aliphatic carbocycles. The number of rotatable bonds is 2. The number of fused-ring (bicyclic) bond motifs is 10. The molecule has 8 atom stereocenters. The number of allylic oxidation sites excluding steroid dienone is 4. The average Bonchev–Trinajstić information content (AvgIpc) is 3.64. The van der Waals surface area contributed by atoms with Gasteiger partial charge in [0.05, 0.1) is 14.2 Å². The maximum Gasteiger partial charge on any atom is 0.332 e. The topological polar surface area (TPSA) is 52.6 Å². The van der Waals surface area contributed by atoms with Crippen LogP contribution < -0.4 is 0 Å². The van der Waals surface area contributed by atoms with Crippen LogP contribution in [0.3, 0.4) is 0 Å². The molecule has 0 amide bonds. The van der Waals surface area contributed by atoms with E-state index in [-0.39, 0.29) is 5.97 Å². The maximum absolute atomic E-state index is 10.2. The lowest BCUT2D eigenvalue weighted by molar-refractivity contribution is -0.136. The van der Waals surface area contributed by atoms with Gasteiger partial charge in [-0.3, -0.25) is 0 Å². The zero-order valence-corrected chi connectivity index (χ0v) is 20.7. The van der Waals surface area contributed by atoms with Gasteiger partial charge in [-0.2, -0.15) is 0 Å². The smallest absolute Gasteiger partial charge is 0.332 e. The Balaban J connectivity index is 0.000000128. The van der Waals surface area contributed by atoms with Gasteiger partial charge in [-0.05, 0) is 106 Å². The predicted molar refractivity (Wildman–Crippen MR) is 132 cm³/mol. The molecule has 0 spiro atoms. The number of hydrogen-bond acceptors (Lipinski definition) is 4. The summed E-state index contributed by atoms with van der Waals surface area (Å²) in [5.41, 5.74) is 0.433. The van der Waals surface area contributed by atoms with Crippen LogP contribution in [0.25, 0.3) is 0 Å². The van der Waals surface area contributed by atoms with E-state index >= 15 is 0 Å². The summed E-state index contributed by atoms with van der Waals surface area (Å²) in [6.45, 7) is 8.11. The maximum atomic E-state index is 10.2. The second-order valence-electron chi connectivity index (χ2n) is 10.5. The fourth-order valence-electron chi connectivity index (χ4n) is 7.25. The summed E-state index contributed by atoms with van der Waals surface area (Å²) in [5.74, 6) is 7.97. The van der Waals surface area contributed by atoms with Gasteiger partial charge in [0.1, 0.15) is 0 Å². The van der Waals surface area contributed by atoms with E-state index in [4.69, 9.17) is 0 Å². The molecule has 0 aromatic carbocycles. The largest absolute Gasteiger partial charge is 0.466 e. The minimum absolute atomic E-state index is 0.347. The molecule has 0 saturated heterocycles. The first kappa shape index (κ1) is 25.5. The molecule has 4 fully saturated rings. The number of hydrogen-bond donors (Lipinski definition) is 0. The number of carbonyl (C=O) groups is 2. The van der Waals surface area contributed by atoms with Crippen molar-refractivity contribution < 1.29 is 19.1 Å². The fraction of sp³-hybridized carbons (Fsp3) is 0.655. The third kappa shape index (κ3) is 6.07. The van der Waals surface area contributed by atoms with Gasteiger partial charge in [0, 0.05) is 11.6 Å². The molecule has 4 heteroatoms. The van der Waals surface area contributed by atoms with Gasteiger partial charge >= 0.3 is 11.9 Å². The summed E-state index contributed by atoms with van der Waals surface area (Å²) in [4.78, 5) is 20.0. The van der Waals surface area contributed by atoms with Gasteiger partial charge in [-0.15, -0.1) is 0 Å². The van der Waals surface area contributed by atoms with Gasteiger partial charge in [0.25, 0.3) is 0 Å². The van der Waals surface area contributed by atoms with Crippen LogP contribution in [-0.2, 0) is 19.1 Å². The summed E-state index contributed by atoms with van der Waals surface area (Å²) >= 11 is 0. The first-order chi connectivity index (χ1) is 15.9. The first-order valence-corrected chi connectivity index (χ1v) is 12.7. The van der Waals surface area contributed by atoms with Gasteiger partial charge in [0.2, 0.25) is 0 Å². The molecule has 0 N–H and O–H groups in total. The molecule has 6 rings (SSSR count). The van der Waals surface area contributed by atoms with E-state index < -0.39 is 5.97 Å². The van der Waals surface area contributed by atoms with Gasteiger partial charge in [-0.1, -0.05) is 37.5 Å². The number of methoxy groups -OCH3 is 2. The van der Waals surface area contributed by atoms with Crippen molar-refractivity contribution in [3.05, 3.63) is 49.1 Å². The second kappa shape index (κ2) is 11.9. The third-order valence-corrected chi connectivity index (χ3v) is 8.75. The van der Waals surface area contributed by atoms with E-state index in [1.807, 2.05) is 0 Å². The Labute approximate surface area is 200 Å². The van der Waals surface area contributed by atoms with Gasteiger partial charge < -0.3 is 9.47 Å². The van der Waals surface area contributed by atoms with Crippen molar-refractivity contribution in [2.75, 3.05) is 14.2 Å². The van der Waals surface area contributed by atoms with Crippen LogP contribution in [0, 0.1) is 47.3 Å². The van der Waals surface area contributed by atoms with Crippen molar-refractivity contribution >= 4 is 11.9 Å². The summed E-state index contributed by atoms with van der Waals surface area (Å²) in [7, 11) is 2.64. The lowest BCUT2D eigenvalue weighted by Crippen LogP contribution is -2.16. The van der Waals surface area contributed by atoms with Crippen LogP contribution >= 0.6 is 0 Å². The summed E-state index contributed by atoms with van der Waals surface area (Å²) < 4.78 is 8.42. The molecule has 0 radical (unpaired) electrons. The summed E-state index contributed by atoms with van der Waals surface area (Å²) in [5, 5.41) is 0. The lowest BCUT2D eigenvalue weighted by atomic mass is 9.82. The lowest BCUT2D eigenvalue weighted by Gasteiger charge is -2.23. The highest BCUT2D eigenvalue weighted by Gasteiger charge is 2.47. The van der Waals surface area contributed by atoms with E-state index in [0.717, 1.165) is 53.4 Å². The van der Waals surface area contributed by atoms with Crippen LogP contribution in [0.4, 0.5) is 0 Å². The molecule has 4 nitrogen and oxygen atoms in total. The zero-order valence-electron chi connectivity index (χ0n) is 20.7. The summed E-state index contributed by atoms with van der Waals surface area (Å²) in [6, 6.07) is 0. The molecule has 0 aromatic heterocycles. The van der Waals surface area contributed by atoms with E-state index in [1.54, 1.807) is 32.6 Å². The molecule has 182 valence electrons. The Hall–Kier alpha value is -2.10. The van der Waals surface area contributed by atoms with Gasteiger partial charge in [0.15, 0.2) is 0 Å². The minimum atomic E-state index is -0.394. The average molecular weight is 455 g/mol. The highest BCUT2D eigenvalue weighted by atomic mass is 16.5. The van der Waals surface area contributed by atoms with E-state index in [2.05, 4.69) is 46.9 Å². The molecule has 33 heavy (non-hydrogen) atoms. The van der Waals surface area contributed by atoms with E-state index in [1.165, 1.54) is 39.9 Å². The second-order valence-corrected chi connectivity index (χ2v) is 10.5. The molecule has 0 aliphatic heterocycles. The van der Waals surface area contributed by atoms with Crippen molar-refractivity contribution in [2.24, 2.45) is 47.3 Å². The highest BCUT2D eigenvalue weighted by Crippen LogP contribution is 2.57. The molecule has 4 bridgehead atoms. The van der Waals surface area contributed by atoms with Crippen LogP contribution in [0.15, 0.2) is 49.1 Å². The van der Waals surface area contributed by atoms with Crippen LogP contribution in [-0.4, -0.2) is 26.2 Å². The fourth-order valence-corrected chi connectivity index (χ4v) is 7.25. The van der Waals surface area contributed by atoms with Crippen molar-refractivity contribution in [2.45, 2.75) is 58.3 Å². The highest BCUT2D eigenvalue weighted by molar-refractivity contribution is 5.86. The molecule has 6 aliphatic rings. The third-order valence-electron chi connectivity index (χ3n) is 8.75. The quantitative estimate of drug-likeness (QED) is 0.279. The molecule has 8 unspecified atom stereocenters. The zero-order chi connectivity index (χ0) is 24.0. The van der Waals surface area contributed by atoms with E-state index in [0.29, 0.717) is 5.57 Å². The Morgan fingerprint density at radius 2 is 1.27 bits per heavy atom. The first-order valence-electron chi connectivity index (χ1n) is 12.7. The standard InChI is InChI=1S/2C10H14.C5H8O2.C4H6O2/c2*1-2-9-7-4-5-8(6-7)10(9)3-1;1-4(2)5(6)7-3;1-3-4(5)6-2/h2*1-2,7-10H,3-6H2;1H2,2-3H3;3H,1H2,2H3. The Morgan fingerprint density at radius 1 is 0.818 bits per heavy atom. The molecule has 4 saturated carbocycles. The minimum Gasteiger partial charge on any atom is -0.466 e. The number of carbonyl (C=O) groups excluding carboxylic acids is 2. The van der Waals surface area contributed by atoms with Crippen molar-refractivity contribution in [1.29, 1.82) is 0 Å². The van der Waals surface area contributed by atoms with E-state index in [9.17, 15) is 9.59 Å². The number of ether oxygens (including phenoxy) is 2. The van der Waals surface area contributed by atoms with Crippen molar-refractivity contribution in [1.82, 2.24) is 0 Å². The predicted octanol–water partition coefficient (Wildman–Crippen LogP) is 6.30. The monoisotopic (exact) mass is 454 g/mol. The van der Waals surface area contributed by atoms with Crippen LogP contribution in [0.2, 0.25) is 0 Å². The molecular weight excluding hydrogens is 412 g/mol. The van der Waals surface area contributed by atoms with Crippen molar-refractivity contribution in [3.63, 3.8) is 0 Å². The summed E-state index contributed by atoms with van der Waals surface area (Å²) in [6.07, 6.45) is 23.1. The van der Waals surface area contributed by atoms with Crippen molar-refractivity contribution in [3.8, 4) is 0 Å². The van der Waals surface area contributed by atoms with Crippen LogP contribution in [0.1, 0.15) is 58.3 Å². The van der Waals surface area contributed by atoms with Crippen LogP contribution in [0.5, 0.6) is 0 Å². The molecule has 0 aromatic rings. The molecular formula is C29H42O4. The SMILES string of the molecule is C1=CC2C3CCC(C3)C2C1.C1=CC2C3CCC(C3)C2C1.C=C(C)C(=O)OC.C=CC(=O)OC. The Kier molecular flexibility index (Phi) is 9.17. The molecule has 0 heterocycles.